The van der Waals surface area contributed by atoms with Crippen molar-refractivity contribution < 1.29 is 4.52 Å². The van der Waals surface area contributed by atoms with Crippen LogP contribution < -0.4 is 4.90 Å². The second-order valence-electron chi connectivity index (χ2n) is 5.62. The minimum atomic E-state index is 0.841. The molecule has 0 radical (unpaired) electrons. The van der Waals surface area contributed by atoms with E-state index < -0.39 is 0 Å². The van der Waals surface area contributed by atoms with Gasteiger partial charge in [-0.3, -0.25) is 4.90 Å². The summed E-state index contributed by atoms with van der Waals surface area (Å²) in [5.41, 5.74) is 3.07. The largest absolute Gasteiger partial charge is 0.364 e. The molecule has 7 nitrogen and oxygen atoms in total. The number of hydrogen-bond donors (Lipinski definition) is 0. The molecule has 3 aromatic rings. The molecule has 0 aliphatic carbocycles. The first-order valence-electron chi connectivity index (χ1n) is 7.47. The summed E-state index contributed by atoms with van der Waals surface area (Å²) in [6.45, 7) is 6.73. The predicted octanol–water partition coefficient (Wildman–Crippen LogP) is 1.35. The Kier molecular flexibility index (Phi) is 3.27. The first-order chi connectivity index (χ1) is 10.8. The van der Waals surface area contributed by atoms with Crippen LogP contribution in [0, 0.1) is 6.92 Å². The lowest BCUT2D eigenvalue weighted by molar-refractivity contribution is 0.241. The fraction of sp³-hybridized carbons (Fsp3) is 0.400. The lowest BCUT2D eigenvalue weighted by Gasteiger charge is -2.35. The second-order valence-corrected chi connectivity index (χ2v) is 5.62. The van der Waals surface area contributed by atoms with E-state index in [0.717, 1.165) is 55.4 Å². The second kappa shape index (κ2) is 5.42. The van der Waals surface area contributed by atoms with Gasteiger partial charge in [-0.05, 0) is 13.0 Å². The molecule has 4 rings (SSSR count). The number of piperazine rings is 1. The summed E-state index contributed by atoms with van der Waals surface area (Å²) >= 11 is 0. The maximum Gasteiger partial charge on any atom is 0.154 e. The molecule has 0 atom stereocenters. The molecule has 1 aliphatic rings. The normalized spacial score (nSPS) is 16.5. The van der Waals surface area contributed by atoms with Gasteiger partial charge in [-0.25, -0.2) is 9.50 Å². The Labute approximate surface area is 128 Å². The van der Waals surface area contributed by atoms with E-state index in [0.29, 0.717) is 0 Å². The van der Waals surface area contributed by atoms with Crippen LogP contribution >= 0.6 is 0 Å². The van der Waals surface area contributed by atoms with Crippen molar-refractivity contribution in [2.75, 3.05) is 31.1 Å². The third-order valence-electron chi connectivity index (χ3n) is 4.04. The minimum Gasteiger partial charge on any atom is -0.364 e. The van der Waals surface area contributed by atoms with E-state index in [1.165, 1.54) is 0 Å². The molecule has 22 heavy (non-hydrogen) atoms. The van der Waals surface area contributed by atoms with Crippen molar-refractivity contribution in [1.82, 2.24) is 24.7 Å². The van der Waals surface area contributed by atoms with Crippen LogP contribution in [0.15, 0.2) is 35.3 Å². The van der Waals surface area contributed by atoms with Gasteiger partial charge in [-0.15, -0.1) is 0 Å². The Hall–Kier alpha value is -2.41. The number of anilines is 1. The van der Waals surface area contributed by atoms with Crippen LogP contribution in [0.4, 0.5) is 5.82 Å². The van der Waals surface area contributed by atoms with Gasteiger partial charge >= 0.3 is 0 Å². The number of hydrogen-bond acceptors (Lipinski definition) is 6. The molecule has 1 aliphatic heterocycles. The molecule has 0 N–H and O–H groups in total. The Morgan fingerprint density at radius 1 is 1.23 bits per heavy atom. The molecule has 0 amide bonds. The fourth-order valence-corrected chi connectivity index (χ4v) is 2.94. The van der Waals surface area contributed by atoms with Crippen molar-refractivity contribution in [2.45, 2.75) is 13.5 Å². The molecule has 114 valence electrons. The highest BCUT2D eigenvalue weighted by atomic mass is 16.5. The average Bonchev–Trinajstić information content (AvgIpc) is 3.16. The zero-order chi connectivity index (χ0) is 14.9. The SMILES string of the molecule is Cc1cc2c(N3CCN(Cc4ccon4)CC3)nccn2n1. The highest BCUT2D eigenvalue weighted by Crippen LogP contribution is 2.21. The molecule has 0 bridgehead atoms. The molecule has 0 aromatic carbocycles. The number of aromatic nitrogens is 4. The van der Waals surface area contributed by atoms with Crippen LogP contribution in [0.3, 0.4) is 0 Å². The van der Waals surface area contributed by atoms with E-state index in [1.807, 2.05) is 29.9 Å². The van der Waals surface area contributed by atoms with E-state index in [9.17, 15) is 0 Å². The first kappa shape index (κ1) is 13.3. The summed E-state index contributed by atoms with van der Waals surface area (Å²) in [5.74, 6) is 1.02. The maximum atomic E-state index is 4.89. The summed E-state index contributed by atoms with van der Waals surface area (Å²) in [6, 6.07) is 4.01. The van der Waals surface area contributed by atoms with Gasteiger partial charge in [0, 0.05) is 51.2 Å². The number of nitrogens with zero attached hydrogens (tertiary/aromatic N) is 6. The Morgan fingerprint density at radius 3 is 2.86 bits per heavy atom. The number of aryl methyl sites for hydroxylation is 1. The molecule has 7 heteroatoms. The van der Waals surface area contributed by atoms with Gasteiger partial charge in [-0.2, -0.15) is 5.10 Å². The standard InChI is InChI=1S/C15H18N6O/c1-12-10-14-15(16-3-4-21(14)17-12)20-7-5-19(6-8-20)11-13-2-9-22-18-13/h2-4,9-10H,5-8,11H2,1H3. The molecule has 1 saturated heterocycles. The zero-order valence-corrected chi connectivity index (χ0v) is 12.5. The molecule has 4 heterocycles. The van der Waals surface area contributed by atoms with Crippen molar-refractivity contribution in [3.8, 4) is 0 Å². The maximum absolute atomic E-state index is 4.89. The molecule has 0 unspecified atom stereocenters. The third-order valence-corrected chi connectivity index (χ3v) is 4.04. The molecule has 0 saturated carbocycles. The van der Waals surface area contributed by atoms with Gasteiger partial charge in [-0.1, -0.05) is 5.16 Å². The quantitative estimate of drug-likeness (QED) is 0.727. The van der Waals surface area contributed by atoms with Gasteiger partial charge in [0.1, 0.15) is 11.8 Å². The highest BCUT2D eigenvalue weighted by molar-refractivity contribution is 5.69. The van der Waals surface area contributed by atoms with E-state index >= 15 is 0 Å². The van der Waals surface area contributed by atoms with Crippen molar-refractivity contribution in [3.05, 3.63) is 42.2 Å². The monoisotopic (exact) mass is 298 g/mol. The molecule has 3 aromatic heterocycles. The van der Waals surface area contributed by atoms with Gasteiger partial charge in [0.2, 0.25) is 0 Å². The highest BCUT2D eigenvalue weighted by Gasteiger charge is 2.20. The third kappa shape index (κ3) is 2.43. The summed E-state index contributed by atoms with van der Waals surface area (Å²) in [5, 5.41) is 8.43. The van der Waals surface area contributed by atoms with Crippen molar-refractivity contribution in [2.24, 2.45) is 0 Å². The van der Waals surface area contributed by atoms with Crippen molar-refractivity contribution in [3.63, 3.8) is 0 Å². The van der Waals surface area contributed by atoms with Crippen LogP contribution in [0.2, 0.25) is 0 Å². The smallest absolute Gasteiger partial charge is 0.154 e. The Bertz CT molecular complexity index is 758. The minimum absolute atomic E-state index is 0.841. The van der Waals surface area contributed by atoms with Gasteiger partial charge < -0.3 is 9.42 Å². The Balaban J connectivity index is 1.48. The van der Waals surface area contributed by atoms with E-state index in [2.05, 4.69) is 31.1 Å². The summed E-state index contributed by atoms with van der Waals surface area (Å²) < 4.78 is 6.79. The fourth-order valence-electron chi connectivity index (χ4n) is 2.94. The first-order valence-corrected chi connectivity index (χ1v) is 7.47. The Morgan fingerprint density at radius 2 is 2.09 bits per heavy atom. The van der Waals surface area contributed by atoms with Gasteiger partial charge in [0.25, 0.3) is 0 Å². The van der Waals surface area contributed by atoms with Crippen LogP contribution in [0.25, 0.3) is 5.52 Å². The number of fused-ring (bicyclic) bond motifs is 1. The van der Waals surface area contributed by atoms with Crippen LogP contribution in [-0.4, -0.2) is 50.8 Å². The summed E-state index contributed by atoms with van der Waals surface area (Å²) in [4.78, 5) is 9.28. The molecular weight excluding hydrogens is 280 g/mol. The lowest BCUT2D eigenvalue weighted by atomic mass is 10.2. The van der Waals surface area contributed by atoms with Crippen molar-refractivity contribution >= 4 is 11.3 Å². The zero-order valence-electron chi connectivity index (χ0n) is 12.5. The molecular formula is C15H18N6O. The van der Waals surface area contributed by atoms with Gasteiger partial charge in [0.05, 0.1) is 11.4 Å². The number of rotatable bonds is 3. The van der Waals surface area contributed by atoms with E-state index in [4.69, 9.17) is 4.52 Å². The lowest BCUT2D eigenvalue weighted by Crippen LogP contribution is -2.46. The van der Waals surface area contributed by atoms with Crippen LogP contribution in [0.1, 0.15) is 11.4 Å². The van der Waals surface area contributed by atoms with Gasteiger partial charge in [0.15, 0.2) is 5.82 Å². The van der Waals surface area contributed by atoms with E-state index in [1.54, 1.807) is 6.26 Å². The average molecular weight is 298 g/mol. The molecule has 0 spiro atoms. The van der Waals surface area contributed by atoms with Crippen LogP contribution in [0.5, 0.6) is 0 Å². The van der Waals surface area contributed by atoms with Crippen LogP contribution in [-0.2, 0) is 6.54 Å². The summed E-state index contributed by atoms with van der Waals surface area (Å²) in [7, 11) is 0. The van der Waals surface area contributed by atoms with E-state index in [-0.39, 0.29) is 0 Å². The van der Waals surface area contributed by atoms with Crippen molar-refractivity contribution in [1.29, 1.82) is 0 Å². The summed E-state index contributed by atoms with van der Waals surface area (Å²) in [6.07, 6.45) is 5.33. The topological polar surface area (TPSA) is 62.7 Å². The molecule has 1 fully saturated rings. The predicted molar refractivity (Wildman–Crippen MR) is 81.7 cm³/mol.